The van der Waals surface area contributed by atoms with Gasteiger partial charge in [0.25, 0.3) is 5.91 Å². The summed E-state index contributed by atoms with van der Waals surface area (Å²) in [5, 5.41) is 4.47. The SMILES string of the molecule is Cc1ncc2c(c1CNC(=O)CSc1ncccn1)CCN(C(=O)c1cc3ccccc3o1)C2. The van der Waals surface area contributed by atoms with Gasteiger partial charge in [0, 0.05) is 49.3 Å². The van der Waals surface area contributed by atoms with Crippen LogP contribution in [0, 0.1) is 6.92 Å². The molecule has 4 aromatic rings. The van der Waals surface area contributed by atoms with E-state index in [1.807, 2.05) is 37.4 Å². The number of thioether (sulfide) groups is 1. The van der Waals surface area contributed by atoms with E-state index in [0.717, 1.165) is 27.8 Å². The summed E-state index contributed by atoms with van der Waals surface area (Å²) < 4.78 is 5.77. The molecule has 8 nitrogen and oxygen atoms in total. The topological polar surface area (TPSA) is 101 Å². The molecule has 0 radical (unpaired) electrons. The van der Waals surface area contributed by atoms with Gasteiger partial charge in [-0.3, -0.25) is 14.6 Å². The first-order valence-corrected chi connectivity index (χ1v) is 12.0. The van der Waals surface area contributed by atoms with Gasteiger partial charge in [0.1, 0.15) is 5.58 Å². The van der Waals surface area contributed by atoms with Crippen LogP contribution in [-0.2, 0) is 24.3 Å². The van der Waals surface area contributed by atoms with Gasteiger partial charge in [-0.15, -0.1) is 0 Å². The second-order valence-corrected chi connectivity index (χ2v) is 8.99. The van der Waals surface area contributed by atoms with E-state index < -0.39 is 0 Å². The molecule has 0 saturated heterocycles. The van der Waals surface area contributed by atoms with Gasteiger partial charge in [0.05, 0.1) is 5.75 Å². The zero-order valence-corrected chi connectivity index (χ0v) is 19.5. The van der Waals surface area contributed by atoms with Crippen molar-refractivity contribution in [1.29, 1.82) is 0 Å². The Hall–Kier alpha value is -3.72. The molecule has 2 amide bonds. The zero-order valence-electron chi connectivity index (χ0n) is 18.7. The van der Waals surface area contributed by atoms with Gasteiger partial charge in [-0.2, -0.15) is 0 Å². The van der Waals surface area contributed by atoms with E-state index in [2.05, 4.69) is 20.3 Å². The number of aryl methyl sites for hydroxylation is 1. The molecule has 172 valence electrons. The van der Waals surface area contributed by atoms with Crippen LogP contribution in [0.3, 0.4) is 0 Å². The van der Waals surface area contributed by atoms with Crippen molar-refractivity contribution in [3.05, 3.63) is 83.1 Å². The van der Waals surface area contributed by atoms with Crippen molar-refractivity contribution >= 4 is 34.5 Å². The van der Waals surface area contributed by atoms with Crippen LogP contribution in [0.4, 0.5) is 0 Å². The lowest BCUT2D eigenvalue weighted by Gasteiger charge is -2.30. The van der Waals surface area contributed by atoms with Crippen molar-refractivity contribution in [1.82, 2.24) is 25.2 Å². The third-order valence-corrected chi connectivity index (χ3v) is 6.73. The Kier molecular flexibility index (Phi) is 6.27. The van der Waals surface area contributed by atoms with Crippen LogP contribution in [0.25, 0.3) is 11.0 Å². The minimum absolute atomic E-state index is 0.0908. The van der Waals surface area contributed by atoms with Crippen LogP contribution in [0.15, 0.2) is 64.6 Å². The van der Waals surface area contributed by atoms with E-state index in [0.29, 0.717) is 42.6 Å². The smallest absolute Gasteiger partial charge is 0.289 e. The first kappa shape index (κ1) is 22.1. The molecule has 1 N–H and O–H groups in total. The highest BCUT2D eigenvalue weighted by Gasteiger charge is 2.26. The van der Waals surface area contributed by atoms with Gasteiger partial charge in [-0.25, -0.2) is 9.97 Å². The van der Waals surface area contributed by atoms with E-state index >= 15 is 0 Å². The average molecular weight is 474 g/mol. The minimum Gasteiger partial charge on any atom is -0.451 e. The summed E-state index contributed by atoms with van der Waals surface area (Å²) in [6.45, 7) is 3.38. The van der Waals surface area contributed by atoms with Crippen LogP contribution in [0.1, 0.15) is 32.9 Å². The van der Waals surface area contributed by atoms with E-state index in [1.54, 1.807) is 29.4 Å². The quantitative estimate of drug-likeness (QED) is 0.338. The lowest BCUT2D eigenvalue weighted by Crippen LogP contribution is -2.37. The Morgan fingerprint density at radius 2 is 1.97 bits per heavy atom. The third kappa shape index (κ3) is 4.65. The number of rotatable bonds is 6. The number of nitrogens with zero attached hydrogens (tertiary/aromatic N) is 4. The van der Waals surface area contributed by atoms with Crippen molar-refractivity contribution in [3.63, 3.8) is 0 Å². The number of carbonyl (C=O) groups excluding carboxylic acids is 2. The lowest BCUT2D eigenvalue weighted by molar-refractivity contribution is -0.118. The summed E-state index contributed by atoms with van der Waals surface area (Å²) in [5.74, 6) is 0.368. The highest BCUT2D eigenvalue weighted by molar-refractivity contribution is 7.99. The number of aromatic nitrogens is 3. The van der Waals surface area contributed by atoms with E-state index in [4.69, 9.17) is 4.42 Å². The third-order valence-electron chi connectivity index (χ3n) is 5.86. The van der Waals surface area contributed by atoms with Crippen molar-refractivity contribution < 1.29 is 14.0 Å². The number of hydrogen-bond acceptors (Lipinski definition) is 7. The van der Waals surface area contributed by atoms with Crippen LogP contribution in [-0.4, -0.2) is 44.0 Å². The average Bonchev–Trinajstić information content (AvgIpc) is 3.31. The summed E-state index contributed by atoms with van der Waals surface area (Å²) in [6.07, 6.45) is 5.83. The maximum Gasteiger partial charge on any atom is 0.289 e. The summed E-state index contributed by atoms with van der Waals surface area (Å²) in [6, 6.07) is 11.1. The number of pyridine rings is 1. The number of furan rings is 1. The van der Waals surface area contributed by atoms with Crippen LogP contribution < -0.4 is 5.32 Å². The number of hydrogen-bond donors (Lipinski definition) is 1. The van der Waals surface area contributed by atoms with Crippen molar-refractivity contribution in [2.75, 3.05) is 12.3 Å². The zero-order chi connectivity index (χ0) is 23.5. The molecular weight excluding hydrogens is 450 g/mol. The Balaban J connectivity index is 1.25. The van der Waals surface area contributed by atoms with Gasteiger partial charge in [0.2, 0.25) is 5.91 Å². The molecule has 0 spiro atoms. The van der Waals surface area contributed by atoms with Gasteiger partial charge < -0.3 is 14.6 Å². The molecule has 1 aromatic carbocycles. The molecule has 0 atom stereocenters. The number of para-hydroxylation sites is 1. The van der Waals surface area contributed by atoms with Gasteiger partial charge >= 0.3 is 0 Å². The molecule has 1 aliphatic heterocycles. The van der Waals surface area contributed by atoms with Gasteiger partial charge in [-0.05, 0) is 48.2 Å². The molecule has 0 unspecified atom stereocenters. The fraction of sp³-hybridized carbons (Fsp3) is 0.240. The fourth-order valence-corrected chi connectivity index (χ4v) is 4.73. The van der Waals surface area contributed by atoms with Crippen LogP contribution in [0.5, 0.6) is 0 Å². The van der Waals surface area contributed by atoms with E-state index in [1.165, 1.54) is 11.8 Å². The molecule has 34 heavy (non-hydrogen) atoms. The second kappa shape index (κ2) is 9.64. The molecule has 0 saturated carbocycles. The van der Waals surface area contributed by atoms with Crippen molar-refractivity contribution in [2.24, 2.45) is 0 Å². The minimum atomic E-state index is -0.127. The first-order valence-electron chi connectivity index (χ1n) is 11.0. The van der Waals surface area contributed by atoms with E-state index in [9.17, 15) is 9.59 Å². The normalized spacial score (nSPS) is 13.0. The number of carbonyl (C=O) groups is 2. The molecule has 0 aliphatic carbocycles. The molecule has 1 aliphatic rings. The highest BCUT2D eigenvalue weighted by Crippen LogP contribution is 2.26. The Morgan fingerprint density at radius 3 is 2.79 bits per heavy atom. The number of fused-ring (bicyclic) bond motifs is 2. The van der Waals surface area contributed by atoms with E-state index in [-0.39, 0.29) is 17.6 Å². The Labute approximate surface area is 200 Å². The standard InChI is InChI=1S/C25H23N5O3S/c1-16-20(13-29-23(31)15-34-25-26-8-4-9-27-25)19-7-10-30(14-18(19)12-28-16)24(32)22-11-17-5-2-3-6-21(17)33-22/h2-6,8-9,11-12H,7,10,13-15H2,1H3,(H,29,31). The van der Waals surface area contributed by atoms with Gasteiger partial charge in [-0.1, -0.05) is 30.0 Å². The number of amides is 2. The largest absolute Gasteiger partial charge is 0.451 e. The van der Waals surface area contributed by atoms with Crippen LogP contribution >= 0.6 is 11.8 Å². The molecule has 0 bridgehead atoms. The molecule has 5 rings (SSSR count). The van der Waals surface area contributed by atoms with Crippen molar-refractivity contribution in [2.45, 2.75) is 31.6 Å². The van der Waals surface area contributed by atoms with Crippen molar-refractivity contribution in [3.8, 4) is 0 Å². The monoisotopic (exact) mass is 473 g/mol. The summed E-state index contributed by atoms with van der Waals surface area (Å²) >= 11 is 1.30. The first-order chi connectivity index (χ1) is 16.6. The predicted octanol–water partition coefficient (Wildman–Crippen LogP) is 3.53. The Morgan fingerprint density at radius 1 is 1.15 bits per heavy atom. The maximum atomic E-state index is 13.1. The summed E-state index contributed by atoms with van der Waals surface area (Å²) in [7, 11) is 0. The lowest BCUT2D eigenvalue weighted by atomic mass is 9.94. The predicted molar refractivity (Wildman–Crippen MR) is 128 cm³/mol. The van der Waals surface area contributed by atoms with Crippen LogP contribution in [0.2, 0.25) is 0 Å². The maximum absolute atomic E-state index is 13.1. The molecule has 9 heteroatoms. The molecule has 4 heterocycles. The number of nitrogens with one attached hydrogen (secondary N) is 1. The molecule has 3 aromatic heterocycles. The summed E-state index contributed by atoms with van der Waals surface area (Å²) in [4.78, 5) is 40.0. The highest BCUT2D eigenvalue weighted by atomic mass is 32.2. The molecular formula is C25H23N5O3S. The Bertz CT molecular complexity index is 1320. The van der Waals surface area contributed by atoms with Gasteiger partial charge in [0.15, 0.2) is 10.9 Å². The second-order valence-electron chi connectivity index (χ2n) is 8.05. The molecule has 0 fully saturated rings. The fourth-order valence-electron chi connectivity index (χ4n) is 4.10. The summed E-state index contributed by atoms with van der Waals surface area (Å²) in [5.41, 5.74) is 4.76. The number of benzene rings is 1.